The molecule has 0 atom stereocenters. The highest BCUT2D eigenvalue weighted by Gasteiger charge is 2.23. The van der Waals surface area contributed by atoms with Crippen molar-refractivity contribution in [3.05, 3.63) is 0 Å². The molecule has 0 rings (SSSR count). The van der Waals surface area contributed by atoms with E-state index in [1.165, 1.54) is 0 Å². The second-order valence-corrected chi connectivity index (χ2v) is 2.10. The van der Waals surface area contributed by atoms with Gasteiger partial charge in [0, 0.05) is 0 Å². The number of carbonyl (C=O) groups is 3. The molecule has 0 spiro atoms. The summed E-state index contributed by atoms with van der Waals surface area (Å²) < 4.78 is 4.41. The van der Waals surface area contributed by atoms with Crippen molar-refractivity contribution in [1.82, 2.24) is 5.32 Å². The third kappa shape index (κ3) is 3.94. The molecule has 0 aromatic rings. The highest BCUT2D eigenvalue weighted by atomic mass is 16.5. The van der Waals surface area contributed by atoms with Crippen LogP contribution in [0.5, 0.6) is 0 Å². The summed E-state index contributed by atoms with van der Waals surface area (Å²) in [5, 5.41) is 1.91. The number of rotatable bonds is 4. The average molecular weight is 189 g/mol. The molecule has 7 heteroatoms. The van der Waals surface area contributed by atoms with E-state index < -0.39 is 23.9 Å². The van der Waals surface area contributed by atoms with E-state index in [4.69, 9.17) is 11.5 Å². The number of hydrogen-bond acceptors (Lipinski definition) is 4. The highest BCUT2D eigenvalue weighted by molar-refractivity contribution is 6.05. The van der Waals surface area contributed by atoms with Gasteiger partial charge in [-0.25, -0.2) is 4.79 Å². The van der Waals surface area contributed by atoms with Crippen LogP contribution in [0, 0.1) is 0 Å². The predicted molar refractivity (Wildman–Crippen MR) is 42.3 cm³/mol. The van der Waals surface area contributed by atoms with Crippen LogP contribution in [0.3, 0.4) is 0 Å². The molecule has 7 nitrogen and oxygen atoms in total. The van der Waals surface area contributed by atoms with Gasteiger partial charge in [0.2, 0.25) is 11.8 Å². The molecule has 74 valence electrons. The lowest BCUT2D eigenvalue weighted by Crippen LogP contribution is -2.52. The molecule has 0 saturated heterocycles. The molecule has 0 aromatic heterocycles. The van der Waals surface area contributed by atoms with Gasteiger partial charge in [0.25, 0.3) is 0 Å². The molecule has 0 aliphatic carbocycles. The van der Waals surface area contributed by atoms with Crippen LogP contribution in [-0.2, 0) is 14.3 Å². The highest BCUT2D eigenvalue weighted by Crippen LogP contribution is 1.83. The van der Waals surface area contributed by atoms with Crippen molar-refractivity contribution in [3.63, 3.8) is 0 Å². The summed E-state index contributed by atoms with van der Waals surface area (Å²) in [7, 11) is 0. The number of nitrogens with two attached hydrogens (primary N) is 2. The van der Waals surface area contributed by atoms with Gasteiger partial charge in [0.05, 0.1) is 6.61 Å². The van der Waals surface area contributed by atoms with Crippen LogP contribution in [0.15, 0.2) is 0 Å². The van der Waals surface area contributed by atoms with E-state index in [1.807, 2.05) is 5.32 Å². The number of carbonyl (C=O) groups excluding carboxylic acids is 3. The summed E-state index contributed by atoms with van der Waals surface area (Å²) in [6.07, 6.45) is -0.912. The monoisotopic (exact) mass is 189 g/mol. The van der Waals surface area contributed by atoms with E-state index in [0.717, 1.165) is 0 Å². The molecule has 0 fully saturated rings. The molecule has 13 heavy (non-hydrogen) atoms. The quantitative estimate of drug-likeness (QED) is 0.445. The largest absolute Gasteiger partial charge is 0.450 e. The number of nitrogens with one attached hydrogen (secondary N) is 1. The van der Waals surface area contributed by atoms with Gasteiger partial charge >= 0.3 is 6.09 Å². The number of hydrogen-bond donors (Lipinski definition) is 3. The Hall–Kier alpha value is -1.79. The summed E-state index contributed by atoms with van der Waals surface area (Å²) >= 11 is 0. The van der Waals surface area contributed by atoms with Gasteiger partial charge < -0.3 is 21.5 Å². The van der Waals surface area contributed by atoms with E-state index >= 15 is 0 Å². The van der Waals surface area contributed by atoms with E-state index in [1.54, 1.807) is 6.92 Å². The number of alkyl carbamates (subject to hydrolysis) is 1. The third-order valence-corrected chi connectivity index (χ3v) is 1.11. The van der Waals surface area contributed by atoms with Crippen LogP contribution in [0.2, 0.25) is 0 Å². The first-order valence-electron chi connectivity index (χ1n) is 3.51. The van der Waals surface area contributed by atoms with Crippen LogP contribution < -0.4 is 16.8 Å². The van der Waals surface area contributed by atoms with Crippen LogP contribution in [0.25, 0.3) is 0 Å². The molecule has 5 N–H and O–H groups in total. The van der Waals surface area contributed by atoms with Gasteiger partial charge in [-0.2, -0.15) is 0 Å². The molecule has 0 aliphatic rings. The van der Waals surface area contributed by atoms with E-state index in [9.17, 15) is 14.4 Å². The third-order valence-electron chi connectivity index (χ3n) is 1.11. The Labute approximate surface area is 74.4 Å². The summed E-state index contributed by atoms with van der Waals surface area (Å²) in [5.74, 6) is -2.05. The van der Waals surface area contributed by atoms with Crippen LogP contribution >= 0.6 is 0 Å². The molecule has 0 aliphatic heterocycles. The average Bonchev–Trinajstić information content (AvgIpc) is 1.99. The molecular weight excluding hydrogens is 178 g/mol. The van der Waals surface area contributed by atoms with E-state index in [-0.39, 0.29) is 6.61 Å². The molecular formula is C6H11N3O4. The molecule has 0 unspecified atom stereocenters. The van der Waals surface area contributed by atoms with Crippen LogP contribution in [0.4, 0.5) is 4.79 Å². The Kier molecular flexibility index (Phi) is 4.28. The van der Waals surface area contributed by atoms with Crippen molar-refractivity contribution in [2.24, 2.45) is 11.5 Å². The summed E-state index contributed by atoms with van der Waals surface area (Å²) in [4.78, 5) is 31.8. The minimum Gasteiger partial charge on any atom is -0.450 e. The first-order chi connectivity index (χ1) is 5.99. The summed E-state index contributed by atoms with van der Waals surface area (Å²) in [5.41, 5.74) is 9.54. The standard InChI is InChI=1S/C6H11N3O4/c1-2-13-6(12)9-3(4(7)10)5(8)11/h3H,2H2,1H3,(H2,7,10)(H2,8,11)(H,9,12). The fourth-order valence-electron chi connectivity index (χ4n) is 0.573. The fourth-order valence-corrected chi connectivity index (χ4v) is 0.573. The molecule has 0 heterocycles. The van der Waals surface area contributed by atoms with Crippen LogP contribution in [0.1, 0.15) is 6.92 Å². The lowest BCUT2D eigenvalue weighted by molar-refractivity contribution is -0.128. The van der Waals surface area contributed by atoms with Gasteiger partial charge in [-0.1, -0.05) is 0 Å². The maximum absolute atomic E-state index is 10.7. The van der Waals surface area contributed by atoms with Gasteiger partial charge in [-0.3, -0.25) is 9.59 Å². The van der Waals surface area contributed by atoms with Gasteiger partial charge in [0.15, 0.2) is 6.04 Å². The van der Waals surface area contributed by atoms with Crippen molar-refractivity contribution >= 4 is 17.9 Å². The smallest absolute Gasteiger partial charge is 0.408 e. The Balaban J connectivity index is 4.19. The molecule has 0 radical (unpaired) electrons. The maximum Gasteiger partial charge on any atom is 0.408 e. The van der Waals surface area contributed by atoms with E-state index in [0.29, 0.717) is 0 Å². The van der Waals surface area contributed by atoms with Crippen molar-refractivity contribution in [1.29, 1.82) is 0 Å². The minimum absolute atomic E-state index is 0.121. The molecule has 3 amide bonds. The SMILES string of the molecule is CCOC(=O)NC(C(N)=O)C(N)=O. The maximum atomic E-state index is 10.7. The number of primary amides is 2. The van der Waals surface area contributed by atoms with Gasteiger partial charge in [-0.15, -0.1) is 0 Å². The Morgan fingerprint density at radius 3 is 2.08 bits per heavy atom. The zero-order valence-electron chi connectivity index (χ0n) is 7.07. The van der Waals surface area contributed by atoms with Crippen molar-refractivity contribution < 1.29 is 19.1 Å². The zero-order valence-corrected chi connectivity index (χ0v) is 7.07. The van der Waals surface area contributed by atoms with Crippen LogP contribution in [-0.4, -0.2) is 30.6 Å². The normalized spacial score (nSPS) is 9.38. The molecule has 0 bridgehead atoms. The number of amides is 3. The minimum atomic E-state index is -1.53. The lowest BCUT2D eigenvalue weighted by Gasteiger charge is -2.10. The van der Waals surface area contributed by atoms with Gasteiger partial charge in [0.1, 0.15) is 0 Å². The Bertz CT molecular complexity index is 214. The Morgan fingerprint density at radius 2 is 1.77 bits per heavy atom. The predicted octanol–water partition coefficient (Wildman–Crippen LogP) is -1.93. The fraction of sp³-hybridized carbons (Fsp3) is 0.500. The Morgan fingerprint density at radius 1 is 1.31 bits per heavy atom. The molecule has 0 saturated carbocycles. The summed E-state index contributed by atoms with van der Waals surface area (Å²) in [6, 6.07) is -1.53. The first-order valence-corrected chi connectivity index (χ1v) is 3.51. The number of ether oxygens (including phenoxy) is 1. The summed E-state index contributed by atoms with van der Waals surface area (Å²) in [6.45, 7) is 1.69. The zero-order chi connectivity index (χ0) is 10.4. The molecule has 0 aromatic carbocycles. The van der Waals surface area contributed by atoms with E-state index in [2.05, 4.69) is 4.74 Å². The van der Waals surface area contributed by atoms with Crippen molar-refractivity contribution in [2.45, 2.75) is 13.0 Å². The topological polar surface area (TPSA) is 125 Å². The second kappa shape index (κ2) is 4.96. The first kappa shape index (κ1) is 11.2. The lowest BCUT2D eigenvalue weighted by atomic mass is 10.3. The second-order valence-electron chi connectivity index (χ2n) is 2.10. The van der Waals surface area contributed by atoms with Crippen molar-refractivity contribution in [2.75, 3.05) is 6.61 Å². The van der Waals surface area contributed by atoms with Gasteiger partial charge in [-0.05, 0) is 6.92 Å². The van der Waals surface area contributed by atoms with Crippen molar-refractivity contribution in [3.8, 4) is 0 Å².